The van der Waals surface area contributed by atoms with E-state index in [1.807, 2.05) is 0 Å². The van der Waals surface area contributed by atoms with Gasteiger partial charge in [0.2, 0.25) is 0 Å². The molecule has 0 unspecified atom stereocenters. The van der Waals surface area contributed by atoms with Crippen LogP contribution in [0.5, 0.6) is 0 Å². The minimum absolute atomic E-state index is 0.0582. The van der Waals surface area contributed by atoms with E-state index in [0.29, 0.717) is 5.92 Å². The minimum Gasteiger partial charge on any atom is -0.395 e. The largest absolute Gasteiger partial charge is 0.395 e. The molecule has 0 aromatic heterocycles. The summed E-state index contributed by atoms with van der Waals surface area (Å²) in [7, 11) is 0. The first-order valence-electron chi connectivity index (χ1n) is 4.82. The fraction of sp³-hybridized carbons (Fsp3) is 1.00. The lowest BCUT2D eigenvalue weighted by Gasteiger charge is -2.15. The Bertz CT molecular complexity index is 104. The van der Waals surface area contributed by atoms with E-state index in [4.69, 9.17) is 16.7 Å². The molecule has 0 aromatic carbocycles. The molecule has 0 radical (unpaired) electrons. The lowest BCUT2D eigenvalue weighted by Crippen LogP contribution is -2.15. The number of aliphatic hydroxyl groups is 1. The molecule has 0 aliphatic rings. The highest BCUT2D eigenvalue weighted by molar-refractivity contribution is 6.20. The Kier molecular flexibility index (Phi) is 6.87. The number of aliphatic hydroxyl groups excluding tert-OH is 1. The summed E-state index contributed by atoms with van der Waals surface area (Å²) in [6.45, 7) is 6.67. The summed E-state index contributed by atoms with van der Waals surface area (Å²) in [6, 6.07) is 0. The first kappa shape index (κ1) is 12.2. The van der Waals surface area contributed by atoms with Gasteiger partial charge in [-0.1, -0.05) is 33.6 Å². The average molecular weight is 193 g/mol. The normalized spacial score (nSPS) is 16.5. The van der Waals surface area contributed by atoms with Crippen molar-refractivity contribution in [2.24, 2.45) is 11.8 Å². The van der Waals surface area contributed by atoms with Gasteiger partial charge < -0.3 is 5.11 Å². The quantitative estimate of drug-likeness (QED) is 0.642. The van der Waals surface area contributed by atoms with Crippen LogP contribution in [0.4, 0.5) is 0 Å². The maximum absolute atomic E-state index is 8.78. The van der Waals surface area contributed by atoms with E-state index < -0.39 is 0 Å². The Morgan fingerprint density at radius 3 is 2.17 bits per heavy atom. The lowest BCUT2D eigenvalue weighted by atomic mass is 9.97. The first-order valence-corrected chi connectivity index (χ1v) is 5.26. The van der Waals surface area contributed by atoms with Crippen LogP contribution in [0.15, 0.2) is 0 Å². The Balaban J connectivity index is 3.37. The van der Waals surface area contributed by atoms with Crippen LogP contribution in [0.1, 0.15) is 40.0 Å². The smallest absolute Gasteiger partial charge is 0.0597 e. The van der Waals surface area contributed by atoms with E-state index in [2.05, 4.69) is 20.8 Å². The SMILES string of the molecule is CC(C)CCC[C@H](C)[C@@H](Cl)CO. The van der Waals surface area contributed by atoms with Crippen molar-refractivity contribution in [3.05, 3.63) is 0 Å². The van der Waals surface area contributed by atoms with Gasteiger partial charge in [-0.15, -0.1) is 11.6 Å². The molecule has 0 spiro atoms. The average Bonchev–Trinajstić information content (AvgIpc) is 2.02. The molecule has 0 aromatic rings. The third-order valence-electron chi connectivity index (χ3n) is 2.23. The number of hydrogen-bond donors (Lipinski definition) is 1. The van der Waals surface area contributed by atoms with Gasteiger partial charge in [0.15, 0.2) is 0 Å². The van der Waals surface area contributed by atoms with Gasteiger partial charge in [-0.2, -0.15) is 0 Å². The fourth-order valence-electron chi connectivity index (χ4n) is 1.21. The van der Waals surface area contributed by atoms with Gasteiger partial charge in [-0.25, -0.2) is 0 Å². The molecule has 1 nitrogen and oxygen atoms in total. The van der Waals surface area contributed by atoms with E-state index in [-0.39, 0.29) is 12.0 Å². The molecular weight excluding hydrogens is 172 g/mol. The predicted octanol–water partition coefficient (Wildman–Crippen LogP) is 3.05. The summed E-state index contributed by atoms with van der Waals surface area (Å²) < 4.78 is 0. The molecule has 74 valence electrons. The van der Waals surface area contributed by atoms with Crippen LogP contribution >= 0.6 is 11.6 Å². The zero-order chi connectivity index (χ0) is 9.56. The number of rotatable bonds is 6. The summed E-state index contributed by atoms with van der Waals surface area (Å²) in [6.07, 6.45) is 3.62. The van der Waals surface area contributed by atoms with E-state index in [9.17, 15) is 0 Å². The molecule has 0 bridgehead atoms. The van der Waals surface area contributed by atoms with Gasteiger partial charge in [0.25, 0.3) is 0 Å². The maximum atomic E-state index is 8.78. The molecule has 0 saturated heterocycles. The van der Waals surface area contributed by atoms with Gasteiger partial charge in [-0.05, 0) is 18.3 Å². The number of hydrogen-bond acceptors (Lipinski definition) is 1. The van der Waals surface area contributed by atoms with E-state index in [1.165, 1.54) is 12.8 Å². The van der Waals surface area contributed by atoms with Crippen molar-refractivity contribution in [2.45, 2.75) is 45.4 Å². The van der Waals surface area contributed by atoms with Crippen LogP contribution in [-0.2, 0) is 0 Å². The van der Waals surface area contributed by atoms with Crippen LogP contribution in [0.25, 0.3) is 0 Å². The lowest BCUT2D eigenvalue weighted by molar-refractivity contribution is 0.260. The second kappa shape index (κ2) is 6.73. The molecule has 0 rings (SSSR count). The summed E-state index contributed by atoms with van der Waals surface area (Å²) in [4.78, 5) is 0. The van der Waals surface area contributed by atoms with Crippen LogP contribution in [-0.4, -0.2) is 17.1 Å². The summed E-state index contributed by atoms with van der Waals surface area (Å²) in [5.74, 6) is 1.22. The van der Waals surface area contributed by atoms with Crippen molar-refractivity contribution < 1.29 is 5.11 Å². The van der Waals surface area contributed by atoms with Gasteiger partial charge in [0, 0.05) is 0 Å². The van der Waals surface area contributed by atoms with Gasteiger partial charge in [0.05, 0.1) is 12.0 Å². The van der Waals surface area contributed by atoms with Gasteiger partial charge in [-0.3, -0.25) is 0 Å². The molecular formula is C10H21ClO. The Labute approximate surface area is 81.1 Å². The Hall–Kier alpha value is 0.250. The van der Waals surface area contributed by atoms with Crippen LogP contribution in [0.2, 0.25) is 0 Å². The number of alkyl halides is 1. The van der Waals surface area contributed by atoms with Crippen LogP contribution in [0.3, 0.4) is 0 Å². The highest BCUT2D eigenvalue weighted by atomic mass is 35.5. The zero-order valence-electron chi connectivity index (χ0n) is 8.39. The predicted molar refractivity (Wildman–Crippen MR) is 54.6 cm³/mol. The standard InChI is InChI=1S/C10H21ClO/c1-8(2)5-4-6-9(3)10(11)7-12/h8-10,12H,4-7H2,1-3H3/t9-,10-/m0/s1. The van der Waals surface area contributed by atoms with Gasteiger partial charge in [0.1, 0.15) is 0 Å². The van der Waals surface area contributed by atoms with E-state index in [0.717, 1.165) is 12.3 Å². The molecule has 1 N–H and O–H groups in total. The monoisotopic (exact) mass is 192 g/mol. The van der Waals surface area contributed by atoms with Gasteiger partial charge >= 0.3 is 0 Å². The molecule has 12 heavy (non-hydrogen) atoms. The molecule has 0 fully saturated rings. The molecule has 0 aliphatic heterocycles. The highest BCUT2D eigenvalue weighted by Gasteiger charge is 2.12. The summed E-state index contributed by atoms with van der Waals surface area (Å²) in [5, 5.41) is 8.72. The van der Waals surface area contributed by atoms with Crippen molar-refractivity contribution in [3.8, 4) is 0 Å². The minimum atomic E-state index is -0.0582. The Morgan fingerprint density at radius 1 is 1.17 bits per heavy atom. The third-order valence-corrected chi connectivity index (χ3v) is 2.80. The van der Waals surface area contributed by atoms with Crippen molar-refractivity contribution in [2.75, 3.05) is 6.61 Å². The third kappa shape index (κ3) is 5.84. The molecule has 0 amide bonds. The van der Waals surface area contributed by atoms with Crippen molar-refractivity contribution in [1.82, 2.24) is 0 Å². The fourth-order valence-corrected chi connectivity index (χ4v) is 1.33. The second-order valence-electron chi connectivity index (χ2n) is 4.00. The molecule has 0 aliphatic carbocycles. The van der Waals surface area contributed by atoms with Crippen molar-refractivity contribution in [1.29, 1.82) is 0 Å². The molecule has 2 heteroatoms. The molecule has 2 atom stereocenters. The maximum Gasteiger partial charge on any atom is 0.0597 e. The molecule has 0 heterocycles. The topological polar surface area (TPSA) is 20.2 Å². The Morgan fingerprint density at radius 2 is 1.75 bits per heavy atom. The van der Waals surface area contributed by atoms with Crippen molar-refractivity contribution in [3.63, 3.8) is 0 Å². The van der Waals surface area contributed by atoms with Crippen LogP contribution < -0.4 is 0 Å². The molecule has 0 saturated carbocycles. The zero-order valence-corrected chi connectivity index (χ0v) is 9.14. The van der Waals surface area contributed by atoms with Crippen LogP contribution in [0, 0.1) is 11.8 Å². The first-order chi connectivity index (χ1) is 5.57. The highest BCUT2D eigenvalue weighted by Crippen LogP contribution is 2.18. The second-order valence-corrected chi connectivity index (χ2v) is 4.56. The van der Waals surface area contributed by atoms with Crippen molar-refractivity contribution >= 4 is 11.6 Å². The number of halogens is 1. The summed E-state index contributed by atoms with van der Waals surface area (Å²) >= 11 is 5.88. The summed E-state index contributed by atoms with van der Waals surface area (Å²) in [5.41, 5.74) is 0. The van der Waals surface area contributed by atoms with E-state index >= 15 is 0 Å². The van der Waals surface area contributed by atoms with E-state index in [1.54, 1.807) is 0 Å².